The Hall–Kier alpha value is -2.13. The Morgan fingerprint density at radius 1 is 1.14 bits per heavy atom. The van der Waals surface area contributed by atoms with Crippen LogP contribution in [0.1, 0.15) is 22.1 Å². The van der Waals surface area contributed by atoms with E-state index in [2.05, 4.69) is 5.10 Å². The van der Waals surface area contributed by atoms with Gasteiger partial charge in [0.2, 0.25) is 0 Å². The van der Waals surface area contributed by atoms with Gasteiger partial charge < -0.3 is 0 Å². The summed E-state index contributed by atoms with van der Waals surface area (Å²) in [5.74, 6) is -0.250. The number of alkyl halides is 1. The van der Waals surface area contributed by atoms with Gasteiger partial charge >= 0.3 is 0 Å². The largest absolute Gasteiger partial charge is 0.241 e. The van der Waals surface area contributed by atoms with Crippen molar-refractivity contribution in [3.63, 3.8) is 0 Å². The second kappa shape index (κ2) is 5.70. The minimum absolute atomic E-state index is 0.250. The van der Waals surface area contributed by atoms with Gasteiger partial charge in [-0.25, -0.2) is 9.07 Å². The summed E-state index contributed by atoms with van der Waals surface area (Å²) in [5, 5.41) is 3.99. The lowest BCUT2D eigenvalue weighted by atomic mass is 10.0. The van der Waals surface area contributed by atoms with Crippen LogP contribution in [0.15, 0.2) is 60.9 Å². The van der Waals surface area contributed by atoms with E-state index in [1.54, 1.807) is 16.9 Å². The van der Waals surface area contributed by atoms with Crippen LogP contribution >= 0.6 is 11.6 Å². The number of hydrogen-bond donors (Lipinski definition) is 0. The number of halogens is 2. The monoisotopic (exact) mass is 300 g/mol. The van der Waals surface area contributed by atoms with Crippen molar-refractivity contribution in [2.75, 3.05) is 0 Å². The molecule has 0 radical (unpaired) electrons. The molecule has 1 aromatic heterocycles. The van der Waals surface area contributed by atoms with Gasteiger partial charge in [0.25, 0.3) is 0 Å². The van der Waals surface area contributed by atoms with Crippen molar-refractivity contribution in [1.82, 2.24) is 9.78 Å². The number of benzene rings is 2. The zero-order chi connectivity index (χ0) is 14.8. The highest BCUT2D eigenvalue weighted by Gasteiger charge is 2.16. The molecule has 3 rings (SSSR count). The van der Waals surface area contributed by atoms with Crippen LogP contribution in [0.2, 0.25) is 0 Å². The molecule has 0 amide bonds. The minimum atomic E-state index is -0.344. The summed E-state index contributed by atoms with van der Waals surface area (Å²) >= 11 is 6.51. The molecule has 106 valence electrons. The van der Waals surface area contributed by atoms with Gasteiger partial charge in [0.05, 0.1) is 17.3 Å². The molecule has 21 heavy (non-hydrogen) atoms. The van der Waals surface area contributed by atoms with Crippen molar-refractivity contribution < 1.29 is 4.39 Å². The van der Waals surface area contributed by atoms with E-state index < -0.39 is 0 Å². The summed E-state index contributed by atoms with van der Waals surface area (Å²) < 4.78 is 15.0. The minimum Gasteiger partial charge on any atom is -0.241 e. The molecule has 2 nitrogen and oxygen atoms in total. The van der Waals surface area contributed by atoms with Gasteiger partial charge in [0, 0.05) is 11.8 Å². The first kappa shape index (κ1) is 13.8. The lowest BCUT2D eigenvalue weighted by Gasteiger charge is -2.11. The SMILES string of the molecule is Cc1cc(F)ccc1C(Cl)c1cnn(-c2ccccc2)c1. The Balaban J connectivity index is 1.92. The van der Waals surface area contributed by atoms with E-state index in [0.717, 1.165) is 22.4 Å². The van der Waals surface area contributed by atoms with E-state index in [1.807, 2.05) is 43.5 Å². The summed E-state index contributed by atoms with van der Waals surface area (Å²) in [6.07, 6.45) is 3.64. The van der Waals surface area contributed by atoms with Gasteiger partial charge in [-0.1, -0.05) is 24.3 Å². The van der Waals surface area contributed by atoms with Crippen molar-refractivity contribution in [3.05, 3.63) is 83.4 Å². The first-order chi connectivity index (χ1) is 10.1. The molecule has 4 heteroatoms. The predicted molar refractivity (Wildman–Crippen MR) is 82.4 cm³/mol. The van der Waals surface area contributed by atoms with E-state index in [4.69, 9.17) is 11.6 Å². The molecule has 1 heterocycles. The van der Waals surface area contributed by atoms with E-state index in [9.17, 15) is 4.39 Å². The Morgan fingerprint density at radius 2 is 1.90 bits per heavy atom. The molecular formula is C17H14ClFN2. The Bertz CT molecular complexity index is 752. The molecule has 0 spiro atoms. The molecule has 0 aliphatic rings. The number of aromatic nitrogens is 2. The lowest BCUT2D eigenvalue weighted by Crippen LogP contribution is -1.96. The summed E-state index contributed by atoms with van der Waals surface area (Å²) in [6.45, 7) is 1.86. The molecule has 3 aromatic rings. The van der Waals surface area contributed by atoms with Crippen molar-refractivity contribution in [3.8, 4) is 5.69 Å². The van der Waals surface area contributed by atoms with Gasteiger partial charge in [-0.05, 0) is 42.3 Å². The maximum atomic E-state index is 13.2. The maximum absolute atomic E-state index is 13.2. The van der Waals surface area contributed by atoms with Gasteiger partial charge in [0.1, 0.15) is 5.82 Å². The highest BCUT2D eigenvalue weighted by Crippen LogP contribution is 2.31. The van der Waals surface area contributed by atoms with Crippen molar-refractivity contribution in [2.24, 2.45) is 0 Å². The third kappa shape index (κ3) is 2.83. The first-order valence-electron chi connectivity index (χ1n) is 6.65. The van der Waals surface area contributed by atoms with Crippen LogP contribution < -0.4 is 0 Å². The number of para-hydroxylation sites is 1. The van der Waals surface area contributed by atoms with E-state index in [-0.39, 0.29) is 11.2 Å². The zero-order valence-electron chi connectivity index (χ0n) is 11.5. The third-order valence-corrected chi connectivity index (χ3v) is 3.91. The number of hydrogen-bond acceptors (Lipinski definition) is 1. The Labute approximate surface area is 127 Å². The zero-order valence-corrected chi connectivity index (χ0v) is 12.3. The second-order valence-electron chi connectivity index (χ2n) is 4.92. The molecule has 0 N–H and O–H groups in total. The van der Waals surface area contributed by atoms with E-state index >= 15 is 0 Å². The summed E-state index contributed by atoms with van der Waals surface area (Å²) in [7, 11) is 0. The molecule has 0 fully saturated rings. The molecule has 0 saturated heterocycles. The van der Waals surface area contributed by atoms with Gasteiger partial charge in [0.15, 0.2) is 0 Å². The summed E-state index contributed by atoms with van der Waals surface area (Å²) in [5.41, 5.74) is 3.59. The molecule has 0 saturated carbocycles. The van der Waals surface area contributed by atoms with Crippen LogP contribution in [0.5, 0.6) is 0 Å². The van der Waals surface area contributed by atoms with E-state index in [1.165, 1.54) is 12.1 Å². The van der Waals surface area contributed by atoms with Crippen LogP contribution in [0.4, 0.5) is 4.39 Å². The average molecular weight is 301 g/mol. The first-order valence-corrected chi connectivity index (χ1v) is 7.09. The van der Waals surface area contributed by atoms with Crippen molar-refractivity contribution in [2.45, 2.75) is 12.3 Å². The Morgan fingerprint density at radius 3 is 2.62 bits per heavy atom. The number of rotatable bonds is 3. The van der Waals surface area contributed by atoms with Gasteiger partial charge in [-0.3, -0.25) is 0 Å². The third-order valence-electron chi connectivity index (χ3n) is 3.42. The fourth-order valence-electron chi connectivity index (χ4n) is 2.29. The second-order valence-corrected chi connectivity index (χ2v) is 5.35. The highest BCUT2D eigenvalue weighted by atomic mass is 35.5. The molecule has 1 atom stereocenters. The normalized spacial score (nSPS) is 12.3. The maximum Gasteiger partial charge on any atom is 0.123 e. The molecule has 1 unspecified atom stereocenters. The quantitative estimate of drug-likeness (QED) is 0.644. The molecule has 0 aliphatic heterocycles. The fourth-order valence-corrected chi connectivity index (χ4v) is 2.65. The fraction of sp³-hybridized carbons (Fsp3) is 0.118. The number of nitrogens with zero attached hydrogens (tertiary/aromatic N) is 2. The summed E-state index contributed by atoms with van der Waals surface area (Å²) in [6, 6.07) is 14.5. The van der Waals surface area contributed by atoms with Crippen LogP contribution in [0, 0.1) is 12.7 Å². The molecular weight excluding hydrogens is 287 g/mol. The molecule has 0 bridgehead atoms. The van der Waals surface area contributed by atoms with E-state index in [0.29, 0.717) is 0 Å². The van der Waals surface area contributed by atoms with Gasteiger partial charge in [-0.2, -0.15) is 5.10 Å². The van der Waals surface area contributed by atoms with Crippen molar-refractivity contribution in [1.29, 1.82) is 0 Å². The standard InChI is InChI=1S/C17H14ClFN2/c1-12-9-14(19)7-8-16(12)17(18)13-10-20-21(11-13)15-5-3-2-4-6-15/h2-11,17H,1H3. The predicted octanol–water partition coefficient (Wildman–Crippen LogP) is 4.65. The Kier molecular flexibility index (Phi) is 3.76. The smallest absolute Gasteiger partial charge is 0.123 e. The summed E-state index contributed by atoms with van der Waals surface area (Å²) in [4.78, 5) is 0. The molecule has 0 aliphatic carbocycles. The topological polar surface area (TPSA) is 17.8 Å². The molecule has 2 aromatic carbocycles. The highest BCUT2D eigenvalue weighted by molar-refractivity contribution is 6.22. The van der Waals surface area contributed by atoms with Crippen LogP contribution in [-0.4, -0.2) is 9.78 Å². The van der Waals surface area contributed by atoms with Crippen LogP contribution in [0.25, 0.3) is 5.69 Å². The van der Waals surface area contributed by atoms with Crippen LogP contribution in [-0.2, 0) is 0 Å². The lowest BCUT2D eigenvalue weighted by molar-refractivity contribution is 0.625. The number of aryl methyl sites for hydroxylation is 1. The van der Waals surface area contributed by atoms with Crippen LogP contribution in [0.3, 0.4) is 0 Å². The van der Waals surface area contributed by atoms with Gasteiger partial charge in [-0.15, -0.1) is 11.6 Å². The average Bonchev–Trinajstić information content (AvgIpc) is 2.97. The van der Waals surface area contributed by atoms with Crippen molar-refractivity contribution >= 4 is 11.6 Å².